The van der Waals surface area contributed by atoms with E-state index < -0.39 is 0 Å². The molecule has 1 aliphatic carbocycles. The fourth-order valence-electron chi connectivity index (χ4n) is 2.45. The molecule has 2 aromatic heterocycles. The summed E-state index contributed by atoms with van der Waals surface area (Å²) in [5.41, 5.74) is 2.05. The monoisotopic (exact) mass is 358 g/mol. The zero-order valence-electron chi connectivity index (χ0n) is 11.9. The van der Waals surface area contributed by atoms with E-state index in [0.717, 1.165) is 40.0 Å². The molecule has 0 bridgehead atoms. The van der Waals surface area contributed by atoms with E-state index in [9.17, 15) is 0 Å². The lowest BCUT2D eigenvalue weighted by Crippen LogP contribution is -2.12. The van der Waals surface area contributed by atoms with E-state index in [4.69, 9.17) is 0 Å². The van der Waals surface area contributed by atoms with Gasteiger partial charge in [-0.2, -0.15) is 0 Å². The van der Waals surface area contributed by atoms with Gasteiger partial charge in [-0.25, -0.2) is 9.97 Å². The van der Waals surface area contributed by atoms with Crippen LogP contribution in [0.3, 0.4) is 0 Å². The molecule has 112 valence electrons. The van der Waals surface area contributed by atoms with E-state index in [1.807, 2.05) is 29.1 Å². The van der Waals surface area contributed by atoms with E-state index in [2.05, 4.69) is 41.5 Å². The molecule has 4 rings (SSSR count). The van der Waals surface area contributed by atoms with Crippen LogP contribution in [0.5, 0.6) is 0 Å². The second kappa shape index (κ2) is 5.64. The third kappa shape index (κ3) is 2.81. The molecular weight excluding hydrogens is 344 g/mol. The van der Waals surface area contributed by atoms with Gasteiger partial charge in [-0.3, -0.25) is 4.68 Å². The molecule has 0 radical (unpaired) electrons. The standard InChI is InChI=1S/C15H15BrN6/c16-11-3-4-13-12(7-11)15(19-9-18-13)17-5-6-22-8-14(20-21-22)10-1-2-10/h3-4,7-10H,1-2,5-6H2,(H,17,18,19). The normalized spacial score (nSPS) is 14.4. The quantitative estimate of drug-likeness (QED) is 0.759. The predicted octanol–water partition coefficient (Wildman–Crippen LogP) is 2.97. The Kier molecular flexibility index (Phi) is 3.49. The lowest BCUT2D eigenvalue weighted by molar-refractivity contribution is 0.608. The smallest absolute Gasteiger partial charge is 0.137 e. The number of hydrogen-bond donors (Lipinski definition) is 1. The number of halogens is 1. The molecule has 0 spiro atoms. The Hall–Kier alpha value is -2.02. The second-order valence-electron chi connectivity index (χ2n) is 5.49. The van der Waals surface area contributed by atoms with Gasteiger partial charge >= 0.3 is 0 Å². The van der Waals surface area contributed by atoms with Crippen LogP contribution in [0.1, 0.15) is 24.5 Å². The molecule has 6 nitrogen and oxygen atoms in total. The summed E-state index contributed by atoms with van der Waals surface area (Å²) in [6.45, 7) is 1.51. The van der Waals surface area contributed by atoms with Crippen molar-refractivity contribution in [3.63, 3.8) is 0 Å². The number of anilines is 1. The highest BCUT2D eigenvalue weighted by Crippen LogP contribution is 2.38. The van der Waals surface area contributed by atoms with Crippen LogP contribution in [-0.2, 0) is 6.54 Å². The van der Waals surface area contributed by atoms with Crippen molar-refractivity contribution in [1.29, 1.82) is 0 Å². The molecule has 1 aliphatic rings. The summed E-state index contributed by atoms with van der Waals surface area (Å²) in [7, 11) is 0. The van der Waals surface area contributed by atoms with E-state index in [1.165, 1.54) is 12.8 Å². The van der Waals surface area contributed by atoms with E-state index >= 15 is 0 Å². The van der Waals surface area contributed by atoms with Gasteiger partial charge in [-0.1, -0.05) is 21.1 Å². The van der Waals surface area contributed by atoms with Crippen LogP contribution in [0.2, 0.25) is 0 Å². The van der Waals surface area contributed by atoms with Gasteiger partial charge in [0.2, 0.25) is 0 Å². The maximum atomic E-state index is 4.33. The lowest BCUT2D eigenvalue weighted by atomic mass is 10.2. The van der Waals surface area contributed by atoms with Gasteiger partial charge < -0.3 is 5.32 Å². The molecule has 7 heteroatoms. The summed E-state index contributed by atoms with van der Waals surface area (Å²) in [4.78, 5) is 8.61. The van der Waals surface area contributed by atoms with Crippen molar-refractivity contribution in [2.24, 2.45) is 0 Å². The summed E-state index contributed by atoms with van der Waals surface area (Å²) < 4.78 is 2.91. The molecule has 0 saturated heterocycles. The summed E-state index contributed by atoms with van der Waals surface area (Å²) >= 11 is 3.49. The summed E-state index contributed by atoms with van der Waals surface area (Å²) in [6, 6.07) is 5.98. The first-order valence-corrected chi connectivity index (χ1v) is 8.13. The molecule has 0 aliphatic heterocycles. The summed E-state index contributed by atoms with van der Waals surface area (Å²) in [6.07, 6.45) is 6.13. The lowest BCUT2D eigenvalue weighted by Gasteiger charge is -2.08. The van der Waals surface area contributed by atoms with Crippen LogP contribution in [0, 0.1) is 0 Å². The van der Waals surface area contributed by atoms with Crippen LogP contribution >= 0.6 is 15.9 Å². The fraction of sp³-hybridized carbons (Fsp3) is 0.333. The van der Waals surface area contributed by atoms with Gasteiger partial charge in [0.25, 0.3) is 0 Å². The third-order valence-electron chi connectivity index (χ3n) is 3.78. The van der Waals surface area contributed by atoms with Crippen molar-refractivity contribution in [3.8, 4) is 0 Å². The van der Waals surface area contributed by atoms with Crippen molar-refractivity contribution in [2.45, 2.75) is 25.3 Å². The van der Waals surface area contributed by atoms with Crippen LogP contribution in [0.25, 0.3) is 10.9 Å². The van der Waals surface area contributed by atoms with E-state index in [0.29, 0.717) is 5.92 Å². The van der Waals surface area contributed by atoms with Crippen molar-refractivity contribution >= 4 is 32.7 Å². The molecule has 3 aromatic rings. The largest absolute Gasteiger partial charge is 0.368 e. The van der Waals surface area contributed by atoms with Gasteiger partial charge in [0.1, 0.15) is 12.1 Å². The Morgan fingerprint density at radius 3 is 3.05 bits per heavy atom. The van der Waals surface area contributed by atoms with Crippen molar-refractivity contribution in [1.82, 2.24) is 25.0 Å². The van der Waals surface area contributed by atoms with E-state index in [-0.39, 0.29) is 0 Å². The topological polar surface area (TPSA) is 68.5 Å². The molecule has 1 N–H and O–H groups in total. The Balaban J connectivity index is 1.45. The van der Waals surface area contributed by atoms with Crippen LogP contribution in [0.4, 0.5) is 5.82 Å². The van der Waals surface area contributed by atoms with Crippen LogP contribution < -0.4 is 5.32 Å². The molecule has 1 aromatic carbocycles. The minimum absolute atomic E-state index is 0.643. The summed E-state index contributed by atoms with van der Waals surface area (Å²) in [5, 5.41) is 12.8. The second-order valence-corrected chi connectivity index (χ2v) is 6.41. The van der Waals surface area contributed by atoms with Gasteiger partial charge in [-0.15, -0.1) is 5.10 Å². The summed E-state index contributed by atoms with van der Waals surface area (Å²) in [5.74, 6) is 1.48. The highest BCUT2D eigenvalue weighted by molar-refractivity contribution is 9.10. The fourth-order valence-corrected chi connectivity index (χ4v) is 2.81. The highest BCUT2D eigenvalue weighted by Gasteiger charge is 2.26. The molecule has 0 amide bonds. The van der Waals surface area contributed by atoms with Crippen molar-refractivity contribution in [2.75, 3.05) is 11.9 Å². The number of benzene rings is 1. The van der Waals surface area contributed by atoms with Gasteiger partial charge in [-0.05, 0) is 31.0 Å². The van der Waals surface area contributed by atoms with E-state index in [1.54, 1.807) is 6.33 Å². The SMILES string of the molecule is Brc1ccc2ncnc(NCCn3cc(C4CC4)nn3)c2c1. The average molecular weight is 359 g/mol. The number of fused-ring (bicyclic) bond motifs is 1. The molecule has 1 fully saturated rings. The molecule has 0 atom stereocenters. The van der Waals surface area contributed by atoms with Gasteiger partial charge in [0.05, 0.1) is 17.8 Å². The third-order valence-corrected chi connectivity index (χ3v) is 4.28. The van der Waals surface area contributed by atoms with Crippen molar-refractivity contribution in [3.05, 3.63) is 40.9 Å². The predicted molar refractivity (Wildman–Crippen MR) is 87.7 cm³/mol. The van der Waals surface area contributed by atoms with Crippen molar-refractivity contribution < 1.29 is 0 Å². The average Bonchev–Trinajstić information content (AvgIpc) is 3.27. The Morgan fingerprint density at radius 2 is 2.18 bits per heavy atom. The number of nitrogens with zero attached hydrogens (tertiary/aromatic N) is 5. The number of aromatic nitrogens is 5. The first-order valence-electron chi connectivity index (χ1n) is 7.34. The Bertz CT molecular complexity index is 811. The molecule has 1 saturated carbocycles. The highest BCUT2D eigenvalue weighted by atomic mass is 79.9. The maximum Gasteiger partial charge on any atom is 0.137 e. The van der Waals surface area contributed by atoms with Gasteiger partial charge in [0, 0.05) is 28.5 Å². The zero-order valence-corrected chi connectivity index (χ0v) is 13.5. The molecule has 22 heavy (non-hydrogen) atoms. The molecular formula is C15H15BrN6. The first kappa shape index (κ1) is 13.6. The number of nitrogens with one attached hydrogen (secondary N) is 1. The molecule has 0 unspecified atom stereocenters. The molecule has 2 heterocycles. The Labute approximate surface area is 136 Å². The van der Waals surface area contributed by atoms with Crippen LogP contribution in [0.15, 0.2) is 35.2 Å². The Morgan fingerprint density at radius 1 is 1.27 bits per heavy atom. The first-order chi connectivity index (χ1) is 10.8. The minimum atomic E-state index is 0.643. The number of rotatable bonds is 5. The zero-order chi connectivity index (χ0) is 14.9. The van der Waals surface area contributed by atoms with Gasteiger partial charge in [0.15, 0.2) is 0 Å². The number of hydrogen-bond acceptors (Lipinski definition) is 5. The minimum Gasteiger partial charge on any atom is -0.368 e. The maximum absolute atomic E-state index is 4.33. The van der Waals surface area contributed by atoms with Crippen LogP contribution in [-0.4, -0.2) is 31.5 Å².